The van der Waals surface area contributed by atoms with E-state index in [1.807, 2.05) is 36.4 Å². The Kier molecular flexibility index (Phi) is 8.26. The smallest absolute Gasteiger partial charge is 0.164 e. The lowest BCUT2D eigenvalue weighted by molar-refractivity contribution is 0.415. The normalized spacial score (nSPS) is 13.6. The maximum absolute atomic E-state index is 5.16. The second-order valence-electron chi connectivity index (χ2n) is 14.3. The second kappa shape index (κ2) is 13.9. The zero-order chi connectivity index (χ0) is 37.4. The molecule has 56 heavy (non-hydrogen) atoms. The van der Waals surface area contributed by atoms with Crippen molar-refractivity contribution in [3.63, 3.8) is 0 Å². The molecule has 1 aliphatic rings. The molecular formula is C53H37N3. The van der Waals surface area contributed by atoms with Gasteiger partial charge in [-0.25, -0.2) is 15.0 Å². The van der Waals surface area contributed by atoms with Crippen LogP contribution in [-0.2, 0) is 10.8 Å². The first-order valence-corrected chi connectivity index (χ1v) is 19.1. The Morgan fingerprint density at radius 3 is 0.982 bits per heavy atom. The largest absolute Gasteiger partial charge is 0.208 e. The van der Waals surface area contributed by atoms with Crippen molar-refractivity contribution in [1.82, 2.24) is 15.0 Å². The van der Waals surface area contributed by atoms with Gasteiger partial charge in [-0.15, -0.1) is 0 Å². The fourth-order valence-corrected chi connectivity index (χ4v) is 9.19. The first-order chi connectivity index (χ1) is 27.8. The summed E-state index contributed by atoms with van der Waals surface area (Å²) in [6.07, 6.45) is 0. The molecule has 0 amide bonds. The van der Waals surface area contributed by atoms with E-state index in [1.54, 1.807) is 0 Å². The SMILES string of the molecule is c1ccc(-c2nc(-c3ccccc3)nc(-c3ccc4c(c3)-c3ccccc3C(c3ccccc3)(c3ccccc3)C4(c3ccccc3)c3ccccc3)n2)cc1. The average Bonchev–Trinajstić information content (AvgIpc) is 3.30. The van der Waals surface area contributed by atoms with Gasteiger partial charge in [-0.05, 0) is 50.6 Å². The number of hydrogen-bond donors (Lipinski definition) is 0. The van der Waals surface area contributed by atoms with Crippen LogP contribution in [0.1, 0.15) is 33.4 Å². The third kappa shape index (κ3) is 5.16. The van der Waals surface area contributed by atoms with E-state index in [1.165, 1.54) is 38.9 Å². The maximum Gasteiger partial charge on any atom is 0.164 e. The quantitative estimate of drug-likeness (QED) is 0.165. The molecule has 0 N–H and O–H groups in total. The first-order valence-electron chi connectivity index (χ1n) is 19.1. The van der Waals surface area contributed by atoms with E-state index < -0.39 is 10.8 Å². The summed E-state index contributed by atoms with van der Waals surface area (Å²) in [7, 11) is 0. The fourth-order valence-electron chi connectivity index (χ4n) is 9.19. The molecule has 1 aromatic heterocycles. The lowest BCUT2D eigenvalue weighted by Gasteiger charge is -2.57. The van der Waals surface area contributed by atoms with Gasteiger partial charge in [-0.2, -0.15) is 0 Å². The highest BCUT2D eigenvalue weighted by Gasteiger charge is 2.61. The molecule has 0 bridgehead atoms. The summed E-state index contributed by atoms with van der Waals surface area (Å²) in [4.78, 5) is 15.3. The summed E-state index contributed by atoms with van der Waals surface area (Å²) in [5.41, 5.74) is 11.1. The van der Waals surface area contributed by atoms with Gasteiger partial charge in [0, 0.05) is 16.7 Å². The number of fused-ring (bicyclic) bond motifs is 3. The first kappa shape index (κ1) is 33.3. The van der Waals surface area contributed by atoms with Crippen LogP contribution in [0.5, 0.6) is 0 Å². The Morgan fingerprint density at radius 1 is 0.250 bits per heavy atom. The van der Waals surface area contributed by atoms with Gasteiger partial charge in [-0.3, -0.25) is 0 Å². The van der Waals surface area contributed by atoms with Crippen molar-refractivity contribution in [3.05, 3.63) is 258 Å². The van der Waals surface area contributed by atoms with Crippen LogP contribution in [0.25, 0.3) is 45.3 Å². The van der Waals surface area contributed by atoms with Gasteiger partial charge in [-0.1, -0.05) is 218 Å². The Balaban J connectivity index is 1.34. The molecule has 0 saturated heterocycles. The van der Waals surface area contributed by atoms with Crippen LogP contribution in [0.15, 0.2) is 224 Å². The third-order valence-corrected chi connectivity index (χ3v) is 11.4. The number of benzene rings is 8. The van der Waals surface area contributed by atoms with E-state index >= 15 is 0 Å². The summed E-state index contributed by atoms with van der Waals surface area (Å²) in [6.45, 7) is 0. The molecule has 0 aliphatic heterocycles. The van der Waals surface area contributed by atoms with Crippen molar-refractivity contribution in [3.8, 4) is 45.3 Å². The maximum atomic E-state index is 5.16. The van der Waals surface area contributed by atoms with Crippen molar-refractivity contribution in [2.45, 2.75) is 10.8 Å². The molecular weight excluding hydrogens is 679 g/mol. The Morgan fingerprint density at radius 2 is 0.571 bits per heavy atom. The van der Waals surface area contributed by atoms with Crippen LogP contribution >= 0.6 is 0 Å². The standard InChI is InChI=1S/C53H37N3/c1-7-21-38(22-8-1)49-54-50(39-23-9-2-10-24-39)56-51(55-49)40-35-36-48-46(37-40)45-33-19-20-34-47(45)52(41-25-11-3-12-26-41,42-27-13-4-14-28-42)53(48,43-29-15-5-16-30-43)44-31-17-6-18-32-44/h1-37H. The highest BCUT2D eigenvalue weighted by molar-refractivity contribution is 5.88. The van der Waals surface area contributed by atoms with Crippen molar-refractivity contribution >= 4 is 0 Å². The number of hydrogen-bond acceptors (Lipinski definition) is 3. The Labute approximate surface area is 327 Å². The van der Waals surface area contributed by atoms with Crippen LogP contribution in [-0.4, -0.2) is 15.0 Å². The van der Waals surface area contributed by atoms with Gasteiger partial charge >= 0.3 is 0 Å². The number of aromatic nitrogens is 3. The van der Waals surface area contributed by atoms with E-state index in [2.05, 4.69) is 188 Å². The average molecular weight is 716 g/mol. The van der Waals surface area contributed by atoms with E-state index in [0.29, 0.717) is 17.5 Å². The van der Waals surface area contributed by atoms with Crippen molar-refractivity contribution in [1.29, 1.82) is 0 Å². The molecule has 3 heteroatoms. The van der Waals surface area contributed by atoms with Gasteiger partial charge < -0.3 is 0 Å². The molecule has 1 heterocycles. The van der Waals surface area contributed by atoms with Gasteiger partial charge in [0.05, 0.1) is 10.8 Å². The minimum atomic E-state index is -0.718. The molecule has 0 atom stereocenters. The predicted molar refractivity (Wildman–Crippen MR) is 227 cm³/mol. The molecule has 10 rings (SSSR count). The van der Waals surface area contributed by atoms with Gasteiger partial charge in [0.15, 0.2) is 17.5 Å². The molecule has 0 unspecified atom stereocenters. The van der Waals surface area contributed by atoms with Crippen LogP contribution < -0.4 is 0 Å². The molecule has 9 aromatic rings. The van der Waals surface area contributed by atoms with Crippen LogP contribution in [0, 0.1) is 0 Å². The number of nitrogens with zero attached hydrogens (tertiary/aromatic N) is 3. The molecule has 3 nitrogen and oxygen atoms in total. The van der Waals surface area contributed by atoms with Crippen LogP contribution in [0.4, 0.5) is 0 Å². The van der Waals surface area contributed by atoms with Crippen molar-refractivity contribution in [2.24, 2.45) is 0 Å². The summed E-state index contributed by atoms with van der Waals surface area (Å²) >= 11 is 0. The predicted octanol–water partition coefficient (Wildman–Crippen LogP) is 12.2. The van der Waals surface area contributed by atoms with Crippen LogP contribution in [0.3, 0.4) is 0 Å². The van der Waals surface area contributed by atoms with E-state index in [4.69, 9.17) is 15.0 Å². The zero-order valence-electron chi connectivity index (χ0n) is 30.7. The molecule has 264 valence electrons. The van der Waals surface area contributed by atoms with Crippen LogP contribution in [0.2, 0.25) is 0 Å². The highest BCUT2D eigenvalue weighted by Crippen LogP contribution is 2.65. The lowest BCUT2D eigenvalue weighted by atomic mass is 9.43. The molecule has 8 aromatic carbocycles. The van der Waals surface area contributed by atoms with E-state index in [0.717, 1.165) is 22.3 Å². The van der Waals surface area contributed by atoms with E-state index in [9.17, 15) is 0 Å². The highest BCUT2D eigenvalue weighted by atomic mass is 15.0. The summed E-state index contributed by atoms with van der Waals surface area (Å²) in [5.74, 6) is 1.91. The third-order valence-electron chi connectivity index (χ3n) is 11.4. The second-order valence-corrected chi connectivity index (χ2v) is 14.3. The summed E-state index contributed by atoms with van der Waals surface area (Å²) < 4.78 is 0. The van der Waals surface area contributed by atoms with E-state index in [-0.39, 0.29) is 0 Å². The lowest BCUT2D eigenvalue weighted by Crippen LogP contribution is -2.54. The van der Waals surface area contributed by atoms with Gasteiger partial charge in [0.2, 0.25) is 0 Å². The van der Waals surface area contributed by atoms with Crippen molar-refractivity contribution in [2.75, 3.05) is 0 Å². The molecule has 0 saturated carbocycles. The molecule has 0 fully saturated rings. The zero-order valence-corrected chi connectivity index (χ0v) is 30.7. The Bertz CT molecular complexity index is 2630. The van der Waals surface area contributed by atoms with Crippen molar-refractivity contribution < 1.29 is 0 Å². The number of rotatable bonds is 7. The minimum Gasteiger partial charge on any atom is -0.208 e. The Hall–Kier alpha value is -7.23. The van der Waals surface area contributed by atoms with Gasteiger partial charge in [0.1, 0.15) is 0 Å². The molecule has 1 aliphatic carbocycles. The monoisotopic (exact) mass is 715 g/mol. The fraction of sp³-hybridized carbons (Fsp3) is 0.0377. The minimum absolute atomic E-state index is 0.631. The summed E-state index contributed by atoms with van der Waals surface area (Å²) in [5, 5.41) is 0. The van der Waals surface area contributed by atoms with Gasteiger partial charge in [0.25, 0.3) is 0 Å². The topological polar surface area (TPSA) is 38.7 Å². The summed E-state index contributed by atoms with van der Waals surface area (Å²) in [6, 6.07) is 80.6. The molecule has 0 spiro atoms. The molecule has 0 radical (unpaired) electrons.